The van der Waals surface area contributed by atoms with Crippen molar-refractivity contribution in [1.29, 1.82) is 0 Å². The first-order valence-electron chi connectivity index (χ1n) is 8.86. The topological polar surface area (TPSA) is 23.5 Å². The van der Waals surface area contributed by atoms with Gasteiger partial charge in [-0.05, 0) is 97.8 Å². The van der Waals surface area contributed by atoms with Crippen molar-refractivity contribution < 1.29 is 5.11 Å². The van der Waals surface area contributed by atoms with E-state index < -0.39 is 0 Å². The van der Waals surface area contributed by atoms with E-state index in [-0.39, 0.29) is 6.04 Å². The standard InChI is InChI=1S/C23H25NO/c1-12-13(2)15(4)21-20(14(12)3)19(25)11-18-22(21)16-9-7-8-10-17(16)23(18)24(5)6/h7-11,23,25H,1-6H3. The lowest BCUT2D eigenvalue weighted by molar-refractivity contribution is 0.347. The van der Waals surface area contributed by atoms with Gasteiger partial charge in [-0.3, -0.25) is 4.90 Å². The molecule has 0 amide bonds. The van der Waals surface area contributed by atoms with Crippen molar-refractivity contribution in [1.82, 2.24) is 4.90 Å². The molecule has 4 rings (SSSR count). The molecule has 0 aromatic heterocycles. The second-order valence-corrected chi connectivity index (χ2v) is 7.56. The summed E-state index contributed by atoms with van der Waals surface area (Å²) in [7, 11) is 4.21. The van der Waals surface area contributed by atoms with Gasteiger partial charge in [-0.1, -0.05) is 24.3 Å². The van der Waals surface area contributed by atoms with Crippen LogP contribution in [0.5, 0.6) is 5.75 Å². The Morgan fingerprint density at radius 1 is 0.800 bits per heavy atom. The highest BCUT2D eigenvalue weighted by Crippen LogP contribution is 2.52. The van der Waals surface area contributed by atoms with Gasteiger partial charge in [0.25, 0.3) is 0 Å². The molecule has 0 spiro atoms. The fourth-order valence-corrected chi connectivity index (χ4v) is 4.57. The van der Waals surface area contributed by atoms with Crippen molar-refractivity contribution in [2.45, 2.75) is 33.7 Å². The maximum Gasteiger partial charge on any atom is 0.124 e. The van der Waals surface area contributed by atoms with Gasteiger partial charge >= 0.3 is 0 Å². The molecule has 3 aromatic carbocycles. The Morgan fingerprint density at radius 2 is 1.40 bits per heavy atom. The molecule has 1 aliphatic rings. The minimum Gasteiger partial charge on any atom is -0.507 e. The van der Waals surface area contributed by atoms with Crippen molar-refractivity contribution in [3.05, 3.63) is 63.7 Å². The molecule has 0 saturated carbocycles. The first-order chi connectivity index (χ1) is 11.8. The van der Waals surface area contributed by atoms with E-state index in [1.165, 1.54) is 49.9 Å². The van der Waals surface area contributed by atoms with Crippen molar-refractivity contribution in [2.24, 2.45) is 0 Å². The van der Waals surface area contributed by atoms with Crippen LogP contribution in [0.3, 0.4) is 0 Å². The number of phenols is 1. The summed E-state index contributed by atoms with van der Waals surface area (Å²) in [5, 5.41) is 13.1. The molecule has 3 aromatic rings. The number of benzene rings is 3. The number of aromatic hydroxyl groups is 1. The summed E-state index contributed by atoms with van der Waals surface area (Å²) in [6, 6.07) is 10.8. The summed E-state index contributed by atoms with van der Waals surface area (Å²) in [6.07, 6.45) is 0. The molecule has 0 heterocycles. The van der Waals surface area contributed by atoms with E-state index in [1.54, 1.807) is 0 Å². The average Bonchev–Trinajstić information content (AvgIpc) is 2.90. The van der Waals surface area contributed by atoms with E-state index in [9.17, 15) is 5.11 Å². The number of nitrogens with zero attached hydrogens (tertiary/aromatic N) is 1. The first kappa shape index (κ1) is 16.2. The van der Waals surface area contributed by atoms with E-state index in [2.05, 4.69) is 71.0 Å². The molecular formula is C23H25NO. The zero-order chi connectivity index (χ0) is 18.0. The molecule has 1 atom stereocenters. The maximum absolute atomic E-state index is 10.9. The molecule has 1 unspecified atom stereocenters. The van der Waals surface area contributed by atoms with Crippen LogP contribution in [0, 0.1) is 27.7 Å². The SMILES string of the molecule is Cc1c(C)c(C)c2c3c(cc(O)c2c1C)C(N(C)C)c1ccccc1-3. The Morgan fingerprint density at radius 3 is 2.04 bits per heavy atom. The summed E-state index contributed by atoms with van der Waals surface area (Å²) in [5.74, 6) is 0.400. The van der Waals surface area contributed by atoms with Gasteiger partial charge in [0.1, 0.15) is 5.75 Å². The van der Waals surface area contributed by atoms with Crippen LogP contribution >= 0.6 is 0 Å². The second-order valence-electron chi connectivity index (χ2n) is 7.56. The number of aryl methyl sites for hydroxylation is 2. The molecule has 1 aliphatic carbocycles. The largest absolute Gasteiger partial charge is 0.507 e. The Hall–Kier alpha value is -2.32. The zero-order valence-electron chi connectivity index (χ0n) is 15.9. The lowest BCUT2D eigenvalue weighted by atomic mass is 9.86. The van der Waals surface area contributed by atoms with Gasteiger partial charge in [0.05, 0.1) is 6.04 Å². The Kier molecular flexibility index (Phi) is 3.45. The van der Waals surface area contributed by atoms with Crippen molar-refractivity contribution in [3.8, 4) is 16.9 Å². The van der Waals surface area contributed by atoms with E-state index in [4.69, 9.17) is 0 Å². The summed E-state index contributed by atoms with van der Waals surface area (Å²) in [6.45, 7) is 8.66. The fourth-order valence-electron chi connectivity index (χ4n) is 4.57. The number of rotatable bonds is 1. The lowest BCUT2D eigenvalue weighted by Crippen LogP contribution is -2.18. The number of fused-ring (bicyclic) bond motifs is 5. The van der Waals surface area contributed by atoms with Gasteiger partial charge in [0.15, 0.2) is 0 Å². The Balaban J connectivity index is 2.26. The van der Waals surface area contributed by atoms with E-state index >= 15 is 0 Å². The maximum atomic E-state index is 10.9. The van der Waals surface area contributed by atoms with Gasteiger partial charge in [-0.15, -0.1) is 0 Å². The quantitative estimate of drug-likeness (QED) is 0.644. The average molecular weight is 331 g/mol. The summed E-state index contributed by atoms with van der Waals surface area (Å²) >= 11 is 0. The third kappa shape index (κ3) is 2.01. The summed E-state index contributed by atoms with van der Waals surface area (Å²) in [5.41, 5.74) is 10.2. The van der Waals surface area contributed by atoms with Crippen molar-refractivity contribution in [3.63, 3.8) is 0 Å². The molecule has 25 heavy (non-hydrogen) atoms. The number of phenolic OH excluding ortho intramolecular Hbond substituents is 1. The van der Waals surface area contributed by atoms with Crippen LogP contribution < -0.4 is 0 Å². The lowest BCUT2D eigenvalue weighted by Gasteiger charge is -2.23. The van der Waals surface area contributed by atoms with E-state index in [0.29, 0.717) is 5.75 Å². The Labute approximate surface area is 149 Å². The minimum absolute atomic E-state index is 0.183. The molecule has 0 bridgehead atoms. The monoisotopic (exact) mass is 331 g/mol. The van der Waals surface area contributed by atoms with Gasteiger partial charge in [0.2, 0.25) is 0 Å². The fraction of sp³-hybridized carbons (Fsp3) is 0.304. The van der Waals surface area contributed by atoms with Crippen molar-refractivity contribution >= 4 is 10.8 Å². The second kappa shape index (κ2) is 5.34. The van der Waals surface area contributed by atoms with Crippen LogP contribution in [-0.4, -0.2) is 24.1 Å². The highest BCUT2D eigenvalue weighted by atomic mass is 16.3. The third-order valence-corrected chi connectivity index (χ3v) is 6.11. The van der Waals surface area contributed by atoms with Gasteiger partial charge in [0, 0.05) is 5.39 Å². The highest BCUT2D eigenvalue weighted by molar-refractivity contribution is 6.08. The molecule has 0 radical (unpaired) electrons. The molecule has 0 aliphatic heterocycles. The third-order valence-electron chi connectivity index (χ3n) is 6.11. The predicted octanol–water partition coefficient (Wildman–Crippen LogP) is 5.41. The van der Waals surface area contributed by atoms with E-state index in [0.717, 1.165) is 5.39 Å². The molecular weight excluding hydrogens is 306 g/mol. The normalized spacial score (nSPS) is 15.7. The molecule has 2 heteroatoms. The molecule has 1 N–H and O–H groups in total. The Bertz CT molecular complexity index is 1030. The van der Waals surface area contributed by atoms with Crippen LogP contribution in [0.1, 0.15) is 39.4 Å². The van der Waals surface area contributed by atoms with E-state index in [1.807, 2.05) is 6.07 Å². The van der Waals surface area contributed by atoms with Gasteiger partial charge in [-0.25, -0.2) is 0 Å². The zero-order valence-corrected chi connectivity index (χ0v) is 15.9. The first-order valence-corrected chi connectivity index (χ1v) is 8.86. The summed E-state index contributed by atoms with van der Waals surface area (Å²) in [4.78, 5) is 2.24. The molecule has 128 valence electrons. The van der Waals surface area contributed by atoms with Gasteiger partial charge < -0.3 is 5.11 Å². The van der Waals surface area contributed by atoms with Crippen LogP contribution in [0.15, 0.2) is 30.3 Å². The number of hydrogen-bond acceptors (Lipinski definition) is 2. The minimum atomic E-state index is 0.183. The molecule has 0 saturated heterocycles. The predicted molar refractivity (Wildman–Crippen MR) is 106 cm³/mol. The molecule has 0 fully saturated rings. The highest BCUT2D eigenvalue weighted by Gasteiger charge is 2.33. The van der Waals surface area contributed by atoms with Gasteiger partial charge in [-0.2, -0.15) is 0 Å². The molecule has 2 nitrogen and oxygen atoms in total. The van der Waals surface area contributed by atoms with Crippen LogP contribution in [0.4, 0.5) is 0 Å². The van der Waals surface area contributed by atoms with Crippen LogP contribution in [-0.2, 0) is 0 Å². The van der Waals surface area contributed by atoms with Crippen LogP contribution in [0.25, 0.3) is 21.9 Å². The smallest absolute Gasteiger partial charge is 0.124 e. The van der Waals surface area contributed by atoms with Crippen molar-refractivity contribution in [2.75, 3.05) is 14.1 Å². The summed E-state index contributed by atoms with van der Waals surface area (Å²) < 4.78 is 0. The van der Waals surface area contributed by atoms with Crippen LogP contribution in [0.2, 0.25) is 0 Å². The number of hydrogen-bond donors (Lipinski definition) is 1.